The van der Waals surface area contributed by atoms with Crippen molar-refractivity contribution in [3.63, 3.8) is 0 Å². The number of thioether (sulfide) groups is 1. The predicted octanol–water partition coefficient (Wildman–Crippen LogP) is 4.82. The summed E-state index contributed by atoms with van der Waals surface area (Å²) < 4.78 is 1.80. The van der Waals surface area contributed by atoms with Crippen LogP contribution in [0.1, 0.15) is 5.56 Å². The summed E-state index contributed by atoms with van der Waals surface area (Å²) >= 11 is 1.53. The molecular formula is C22H19N3OS. The van der Waals surface area contributed by atoms with Gasteiger partial charge in [-0.3, -0.25) is 4.79 Å². The third kappa shape index (κ3) is 4.38. The van der Waals surface area contributed by atoms with Crippen molar-refractivity contribution in [2.24, 2.45) is 0 Å². The fourth-order valence-electron chi connectivity index (χ4n) is 2.91. The van der Waals surface area contributed by atoms with E-state index in [0.29, 0.717) is 18.1 Å². The Morgan fingerprint density at radius 2 is 1.70 bits per heavy atom. The average Bonchev–Trinajstić information content (AvgIpc) is 3.13. The second-order valence-electron chi connectivity index (χ2n) is 6.21. The summed E-state index contributed by atoms with van der Waals surface area (Å²) in [6, 6.07) is 26.4. The predicted molar refractivity (Wildman–Crippen MR) is 111 cm³/mol. The van der Waals surface area contributed by atoms with Crippen LogP contribution < -0.4 is 5.32 Å². The number of hydrogen-bond acceptors (Lipinski definition) is 3. The largest absolute Gasteiger partial charge is 0.310 e. The van der Waals surface area contributed by atoms with E-state index in [2.05, 4.69) is 40.7 Å². The van der Waals surface area contributed by atoms with Gasteiger partial charge in [-0.05, 0) is 28.5 Å². The fraction of sp³-hybridized carbons (Fsp3) is 0.0909. The number of rotatable bonds is 6. The molecule has 4 rings (SSSR count). The molecule has 1 amide bonds. The first-order chi connectivity index (χ1) is 13.3. The van der Waals surface area contributed by atoms with Crippen molar-refractivity contribution in [1.82, 2.24) is 9.78 Å². The zero-order valence-electron chi connectivity index (χ0n) is 14.7. The van der Waals surface area contributed by atoms with Crippen molar-refractivity contribution in [2.75, 3.05) is 11.1 Å². The zero-order valence-corrected chi connectivity index (χ0v) is 15.5. The lowest BCUT2D eigenvalue weighted by molar-refractivity contribution is -0.113. The van der Waals surface area contributed by atoms with Crippen molar-refractivity contribution in [3.05, 3.63) is 90.6 Å². The first-order valence-electron chi connectivity index (χ1n) is 8.75. The minimum Gasteiger partial charge on any atom is -0.310 e. The summed E-state index contributed by atoms with van der Waals surface area (Å²) in [5, 5.41) is 9.66. The van der Waals surface area contributed by atoms with Crippen LogP contribution in [-0.4, -0.2) is 21.4 Å². The summed E-state index contributed by atoms with van der Waals surface area (Å²) in [7, 11) is 0. The van der Waals surface area contributed by atoms with Crippen LogP contribution in [0.25, 0.3) is 10.8 Å². The first-order valence-corrected chi connectivity index (χ1v) is 9.74. The van der Waals surface area contributed by atoms with E-state index in [1.807, 2.05) is 48.5 Å². The SMILES string of the molecule is O=C(CSc1ccc2ccccc2c1)Nc1ccnn1Cc1ccccc1. The summed E-state index contributed by atoms with van der Waals surface area (Å²) in [5.74, 6) is 1.03. The van der Waals surface area contributed by atoms with Gasteiger partial charge in [0.15, 0.2) is 0 Å². The van der Waals surface area contributed by atoms with Crippen LogP contribution in [0.15, 0.2) is 90.0 Å². The van der Waals surface area contributed by atoms with E-state index in [9.17, 15) is 4.79 Å². The number of fused-ring (bicyclic) bond motifs is 1. The molecule has 0 aliphatic carbocycles. The lowest BCUT2D eigenvalue weighted by atomic mass is 10.1. The quantitative estimate of drug-likeness (QED) is 0.493. The minimum absolute atomic E-state index is 0.0389. The highest BCUT2D eigenvalue weighted by Crippen LogP contribution is 2.23. The van der Waals surface area contributed by atoms with Gasteiger partial charge in [0, 0.05) is 11.0 Å². The molecule has 0 atom stereocenters. The molecule has 4 nitrogen and oxygen atoms in total. The maximum Gasteiger partial charge on any atom is 0.235 e. The van der Waals surface area contributed by atoms with E-state index in [4.69, 9.17) is 0 Å². The topological polar surface area (TPSA) is 46.9 Å². The molecule has 0 aliphatic heterocycles. The van der Waals surface area contributed by atoms with E-state index >= 15 is 0 Å². The number of amides is 1. The van der Waals surface area contributed by atoms with Crippen molar-refractivity contribution in [3.8, 4) is 0 Å². The molecule has 4 aromatic rings. The van der Waals surface area contributed by atoms with Gasteiger partial charge in [-0.25, -0.2) is 4.68 Å². The first kappa shape index (κ1) is 17.4. The summed E-state index contributed by atoms with van der Waals surface area (Å²) in [6.07, 6.45) is 1.70. The molecule has 1 heterocycles. The standard InChI is InChI=1S/C22H19N3OS/c26-22(16-27-20-11-10-18-8-4-5-9-19(18)14-20)24-21-12-13-23-25(21)15-17-6-2-1-3-7-17/h1-14H,15-16H2,(H,24,26). The number of benzene rings is 3. The van der Waals surface area contributed by atoms with Gasteiger partial charge in [0.2, 0.25) is 5.91 Å². The highest BCUT2D eigenvalue weighted by Gasteiger charge is 2.09. The summed E-state index contributed by atoms with van der Waals surface area (Å²) in [6.45, 7) is 0.626. The highest BCUT2D eigenvalue weighted by molar-refractivity contribution is 8.00. The van der Waals surface area contributed by atoms with Crippen molar-refractivity contribution in [2.45, 2.75) is 11.4 Å². The van der Waals surface area contributed by atoms with E-state index in [-0.39, 0.29) is 5.91 Å². The molecule has 0 radical (unpaired) electrons. The van der Waals surface area contributed by atoms with Gasteiger partial charge in [0.25, 0.3) is 0 Å². The van der Waals surface area contributed by atoms with E-state index in [1.165, 1.54) is 22.5 Å². The normalized spacial score (nSPS) is 10.8. The number of carbonyl (C=O) groups is 1. The molecule has 0 spiro atoms. The Kier molecular flexibility index (Phi) is 5.21. The smallest absolute Gasteiger partial charge is 0.235 e. The van der Waals surface area contributed by atoms with Gasteiger partial charge in [-0.2, -0.15) is 5.10 Å². The Morgan fingerprint density at radius 3 is 2.56 bits per heavy atom. The zero-order chi connectivity index (χ0) is 18.5. The molecule has 3 aromatic carbocycles. The lowest BCUT2D eigenvalue weighted by Crippen LogP contribution is -2.17. The van der Waals surface area contributed by atoms with Gasteiger partial charge in [-0.1, -0.05) is 60.7 Å². The number of nitrogens with one attached hydrogen (secondary N) is 1. The van der Waals surface area contributed by atoms with E-state index in [0.717, 1.165) is 10.5 Å². The number of anilines is 1. The van der Waals surface area contributed by atoms with E-state index in [1.54, 1.807) is 10.9 Å². The molecule has 1 aromatic heterocycles. The second kappa shape index (κ2) is 8.10. The van der Waals surface area contributed by atoms with Gasteiger partial charge in [-0.15, -0.1) is 11.8 Å². The monoisotopic (exact) mass is 373 g/mol. The Bertz CT molecular complexity index is 1060. The minimum atomic E-state index is -0.0389. The van der Waals surface area contributed by atoms with Gasteiger partial charge in [0.05, 0.1) is 18.5 Å². The molecular weight excluding hydrogens is 354 g/mol. The highest BCUT2D eigenvalue weighted by atomic mass is 32.2. The molecule has 0 bridgehead atoms. The van der Waals surface area contributed by atoms with Crippen LogP contribution in [0, 0.1) is 0 Å². The van der Waals surface area contributed by atoms with Crippen molar-refractivity contribution < 1.29 is 4.79 Å². The van der Waals surface area contributed by atoms with Gasteiger partial charge < -0.3 is 5.32 Å². The number of nitrogens with zero attached hydrogens (tertiary/aromatic N) is 2. The van der Waals surface area contributed by atoms with Gasteiger partial charge in [0.1, 0.15) is 5.82 Å². The molecule has 5 heteroatoms. The van der Waals surface area contributed by atoms with Crippen molar-refractivity contribution in [1.29, 1.82) is 0 Å². The molecule has 0 aliphatic rings. The third-order valence-corrected chi connectivity index (χ3v) is 5.24. The molecule has 1 N–H and O–H groups in total. The van der Waals surface area contributed by atoms with E-state index < -0.39 is 0 Å². The fourth-order valence-corrected chi connectivity index (χ4v) is 3.65. The third-order valence-electron chi connectivity index (χ3n) is 4.25. The molecule has 0 unspecified atom stereocenters. The average molecular weight is 373 g/mol. The Morgan fingerprint density at radius 1 is 0.926 bits per heavy atom. The maximum absolute atomic E-state index is 12.4. The Hall–Kier alpha value is -3.05. The van der Waals surface area contributed by atoms with Crippen LogP contribution in [-0.2, 0) is 11.3 Å². The summed E-state index contributed by atoms with van der Waals surface area (Å²) in [5.41, 5.74) is 1.14. The van der Waals surface area contributed by atoms with Gasteiger partial charge >= 0.3 is 0 Å². The number of hydrogen-bond donors (Lipinski definition) is 1. The maximum atomic E-state index is 12.4. The second-order valence-corrected chi connectivity index (χ2v) is 7.25. The van der Waals surface area contributed by atoms with Crippen molar-refractivity contribution >= 4 is 34.3 Å². The molecule has 0 saturated heterocycles. The number of aromatic nitrogens is 2. The molecule has 0 saturated carbocycles. The van der Waals surface area contributed by atoms with Crippen LogP contribution in [0.5, 0.6) is 0 Å². The Balaban J connectivity index is 1.37. The van der Waals surface area contributed by atoms with Crippen LogP contribution in [0.4, 0.5) is 5.82 Å². The van der Waals surface area contributed by atoms with Crippen LogP contribution in [0.3, 0.4) is 0 Å². The summed E-state index contributed by atoms with van der Waals surface area (Å²) in [4.78, 5) is 13.5. The molecule has 0 fully saturated rings. The molecule has 27 heavy (non-hydrogen) atoms. The Labute approximate surface area is 162 Å². The van der Waals surface area contributed by atoms with Crippen LogP contribution in [0.2, 0.25) is 0 Å². The molecule has 134 valence electrons. The lowest BCUT2D eigenvalue weighted by Gasteiger charge is -2.09. The van der Waals surface area contributed by atoms with Crippen LogP contribution >= 0.6 is 11.8 Å². The number of carbonyl (C=O) groups excluding carboxylic acids is 1.